The lowest BCUT2D eigenvalue weighted by Gasteiger charge is -2.10. The van der Waals surface area contributed by atoms with E-state index in [1.807, 2.05) is 14.1 Å². The Bertz CT molecular complexity index is 309. The van der Waals surface area contributed by atoms with Gasteiger partial charge in [-0.3, -0.25) is 0 Å². The van der Waals surface area contributed by atoms with E-state index in [1.165, 1.54) is 6.33 Å². The highest BCUT2D eigenvalue weighted by atomic mass is 35.5. The predicted octanol–water partition coefficient (Wildman–Crippen LogP) is 1.12. The lowest BCUT2D eigenvalue weighted by molar-refractivity contribution is 0.126. The first kappa shape index (κ1) is 13.2. The van der Waals surface area contributed by atoms with E-state index in [0.29, 0.717) is 18.3 Å². The molecule has 0 amide bonds. The van der Waals surface area contributed by atoms with Crippen molar-refractivity contribution in [3.63, 3.8) is 0 Å². The van der Waals surface area contributed by atoms with Crippen molar-refractivity contribution in [1.82, 2.24) is 14.9 Å². The minimum atomic E-state index is 0.436. The van der Waals surface area contributed by atoms with Crippen LogP contribution in [-0.2, 0) is 4.74 Å². The van der Waals surface area contributed by atoms with Gasteiger partial charge < -0.3 is 15.0 Å². The Kier molecular flexibility index (Phi) is 6.07. The van der Waals surface area contributed by atoms with Gasteiger partial charge in [0.2, 0.25) is 0 Å². The molecule has 0 atom stereocenters. The van der Waals surface area contributed by atoms with E-state index in [9.17, 15) is 0 Å². The van der Waals surface area contributed by atoms with Crippen LogP contribution in [0.5, 0.6) is 0 Å². The third kappa shape index (κ3) is 5.85. The van der Waals surface area contributed by atoms with Crippen LogP contribution >= 0.6 is 11.6 Å². The zero-order chi connectivity index (χ0) is 11.8. The van der Waals surface area contributed by atoms with Gasteiger partial charge >= 0.3 is 0 Å². The highest BCUT2D eigenvalue weighted by Gasteiger charge is 1.95. The molecule has 0 saturated carbocycles. The summed E-state index contributed by atoms with van der Waals surface area (Å²) >= 11 is 5.71. The van der Waals surface area contributed by atoms with E-state index in [0.717, 1.165) is 19.0 Å². The van der Waals surface area contributed by atoms with Gasteiger partial charge in [0, 0.05) is 19.2 Å². The molecular weight excluding hydrogens is 228 g/mol. The van der Waals surface area contributed by atoms with Crippen LogP contribution in [0.25, 0.3) is 0 Å². The average molecular weight is 245 g/mol. The number of hydrogen-bond acceptors (Lipinski definition) is 5. The van der Waals surface area contributed by atoms with Gasteiger partial charge in [0.05, 0.1) is 13.2 Å². The highest BCUT2D eigenvalue weighted by Crippen LogP contribution is 2.07. The van der Waals surface area contributed by atoms with Crippen molar-refractivity contribution in [3.8, 4) is 0 Å². The van der Waals surface area contributed by atoms with Crippen LogP contribution in [-0.4, -0.2) is 55.3 Å². The molecule has 0 aliphatic heterocycles. The van der Waals surface area contributed by atoms with Crippen LogP contribution in [0.4, 0.5) is 5.82 Å². The fourth-order valence-corrected chi connectivity index (χ4v) is 1.18. The van der Waals surface area contributed by atoms with Crippen LogP contribution in [0.1, 0.15) is 0 Å². The van der Waals surface area contributed by atoms with E-state index >= 15 is 0 Å². The van der Waals surface area contributed by atoms with Gasteiger partial charge in [0.1, 0.15) is 17.3 Å². The SMILES string of the molecule is CN(C)CCOCCNc1cc(Cl)ncn1. The topological polar surface area (TPSA) is 50.3 Å². The number of ether oxygens (including phenoxy) is 1. The number of halogens is 1. The summed E-state index contributed by atoms with van der Waals surface area (Å²) in [6, 6.07) is 1.68. The number of anilines is 1. The standard InChI is InChI=1S/C10H17ClN4O/c1-15(2)4-6-16-5-3-12-10-7-9(11)13-8-14-10/h7-8H,3-6H2,1-2H3,(H,12,13,14). The first-order chi connectivity index (χ1) is 7.68. The van der Waals surface area contributed by atoms with Crippen molar-refractivity contribution in [2.45, 2.75) is 0 Å². The maximum absolute atomic E-state index is 5.71. The molecular formula is C10H17ClN4O. The Morgan fingerprint density at radius 2 is 2.19 bits per heavy atom. The maximum Gasteiger partial charge on any atom is 0.134 e. The summed E-state index contributed by atoms with van der Waals surface area (Å²) in [7, 11) is 4.04. The third-order valence-corrected chi connectivity index (χ3v) is 2.08. The zero-order valence-electron chi connectivity index (χ0n) is 9.61. The van der Waals surface area contributed by atoms with Crippen LogP contribution in [0.3, 0.4) is 0 Å². The molecule has 0 saturated heterocycles. The quantitative estimate of drug-likeness (QED) is 0.576. The molecule has 1 heterocycles. The van der Waals surface area contributed by atoms with Gasteiger partial charge in [-0.2, -0.15) is 0 Å². The fraction of sp³-hybridized carbons (Fsp3) is 0.600. The first-order valence-corrected chi connectivity index (χ1v) is 5.50. The number of nitrogens with one attached hydrogen (secondary N) is 1. The third-order valence-electron chi connectivity index (χ3n) is 1.87. The lowest BCUT2D eigenvalue weighted by atomic mass is 10.5. The van der Waals surface area contributed by atoms with Crippen molar-refractivity contribution in [2.24, 2.45) is 0 Å². The van der Waals surface area contributed by atoms with Gasteiger partial charge in [-0.15, -0.1) is 0 Å². The monoisotopic (exact) mass is 244 g/mol. The van der Waals surface area contributed by atoms with Crippen LogP contribution < -0.4 is 5.32 Å². The molecule has 0 radical (unpaired) electrons. The van der Waals surface area contributed by atoms with E-state index in [4.69, 9.17) is 16.3 Å². The molecule has 1 aromatic rings. The second-order valence-electron chi connectivity index (χ2n) is 3.57. The largest absolute Gasteiger partial charge is 0.378 e. The number of likely N-dealkylation sites (N-methyl/N-ethyl adjacent to an activating group) is 1. The van der Waals surface area contributed by atoms with Crippen LogP contribution in [0, 0.1) is 0 Å². The first-order valence-electron chi connectivity index (χ1n) is 5.12. The summed E-state index contributed by atoms with van der Waals surface area (Å²) < 4.78 is 5.42. The molecule has 0 aliphatic rings. The molecule has 6 heteroatoms. The van der Waals surface area contributed by atoms with Crippen molar-refractivity contribution in [2.75, 3.05) is 45.7 Å². The number of hydrogen-bond donors (Lipinski definition) is 1. The van der Waals surface area contributed by atoms with E-state index < -0.39 is 0 Å². The summed E-state index contributed by atoms with van der Waals surface area (Å²) in [6.45, 7) is 3.02. The Morgan fingerprint density at radius 3 is 2.88 bits per heavy atom. The summed E-state index contributed by atoms with van der Waals surface area (Å²) in [5.41, 5.74) is 0. The predicted molar refractivity (Wildman–Crippen MR) is 64.9 cm³/mol. The highest BCUT2D eigenvalue weighted by molar-refractivity contribution is 6.29. The van der Waals surface area contributed by atoms with Gasteiger partial charge in [0.15, 0.2) is 0 Å². The second-order valence-corrected chi connectivity index (χ2v) is 3.96. The van der Waals surface area contributed by atoms with Crippen molar-refractivity contribution < 1.29 is 4.74 Å². The summed E-state index contributed by atoms with van der Waals surface area (Å²) in [5, 5.41) is 3.54. The number of aromatic nitrogens is 2. The molecule has 5 nitrogen and oxygen atoms in total. The minimum Gasteiger partial charge on any atom is -0.378 e. The normalized spacial score (nSPS) is 10.8. The van der Waals surface area contributed by atoms with E-state index in [1.54, 1.807) is 6.07 Å². The fourth-order valence-electron chi connectivity index (χ4n) is 1.03. The Labute approximate surface area is 101 Å². The number of nitrogens with zero attached hydrogens (tertiary/aromatic N) is 3. The minimum absolute atomic E-state index is 0.436. The van der Waals surface area contributed by atoms with Crippen LogP contribution in [0.2, 0.25) is 5.15 Å². The molecule has 1 rings (SSSR count). The molecule has 0 aliphatic carbocycles. The summed E-state index contributed by atoms with van der Waals surface area (Å²) in [5.74, 6) is 0.719. The molecule has 0 fully saturated rings. The zero-order valence-corrected chi connectivity index (χ0v) is 10.4. The van der Waals surface area contributed by atoms with Gasteiger partial charge in [-0.1, -0.05) is 11.6 Å². The number of rotatable bonds is 7. The second kappa shape index (κ2) is 7.38. The molecule has 0 aromatic carbocycles. The van der Waals surface area contributed by atoms with Crippen molar-refractivity contribution >= 4 is 17.4 Å². The van der Waals surface area contributed by atoms with Gasteiger partial charge in [-0.25, -0.2) is 9.97 Å². The van der Waals surface area contributed by atoms with E-state index in [-0.39, 0.29) is 0 Å². The van der Waals surface area contributed by atoms with Crippen molar-refractivity contribution in [3.05, 3.63) is 17.5 Å². The summed E-state index contributed by atoms with van der Waals surface area (Å²) in [4.78, 5) is 9.89. The maximum atomic E-state index is 5.71. The Morgan fingerprint density at radius 1 is 1.38 bits per heavy atom. The molecule has 1 N–H and O–H groups in total. The van der Waals surface area contributed by atoms with Crippen molar-refractivity contribution in [1.29, 1.82) is 0 Å². The molecule has 90 valence electrons. The molecule has 0 unspecified atom stereocenters. The van der Waals surface area contributed by atoms with Gasteiger partial charge in [0.25, 0.3) is 0 Å². The smallest absolute Gasteiger partial charge is 0.134 e. The molecule has 0 spiro atoms. The average Bonchev–Trinajstić information content (AvgIpc) is 2.23. The Balaban J connectivity index is 2.07. The summed E-state index contributed by atoms with van der Waals surface area (Å²) in [6.07, 6.45) is 1.43. The lowest BCUT2D eigenvalue weighted by Crippen LogP contribution is -2.20. The van der Waals surface area contributed by atoms with Crippen LogP contribution in [0.15, 0.2) is 12.4 Å². The molecule has 0 bridgehead atoms. The molecule has 16 heavy (non-hydrogen) atoms. The van der Waals surface area contributed by atoms with Gasteiger partial charge in [-0.05, 0) is 14.1 Å². The Hall–Kier alpha value is -0.910. The molecule has 1 aromatic heterocycles. The van der Waals surface area contributed by atoms with E-state index in [2.05, 4.69) is 20.2 Å².